The van der Waals surface area contributed by atoms with Crippen molar-refractivity contribution in [3.8, 4) is 5.69 Å². The maximum atomic E-state index is 2.61. The SMILES string of the molecule is c1ccc(N2c3ccccc3B3c4ccccc4N(c4ccccc4)c4cc(-n5c6ccccc6c6cccc([Si](c7ccccc7)(c7ccccc7)c7ccccc7)c65)cc2c43)cc1. The van der Waals surface area contributed by atoms with Gasteiger partial charge in [0.1, 0.15) is 0 Å². The second-order valence-corrected chi connectivity index (χ2v) is 21.0. The van der Waals surface area contributed by atoms with Crippen LogP contribution in [0.4, 0.5) is 34.1 Å². The van der Waals surface area contributed by atoms with E-state index in [1.807, 2.05) is 0 Å². The first kappa shape index (κ1) is 37.4. The van der Waals surface area contributed by atoms with Gasteiger partial charge in [-0.2, -0.15) is 0 Å². The van der Waals surface area contributed by atoms with Crippen LogP contribution in [0, 0.1) is 0 Å². The molecule has 0 bridgehead atoms. The van der Waals surface area contributed by atoms with E-state index < -0.39 is 8.07 Å². The minimum Gasteiger partial charge on any atom is -0.311 e. The molecule has 10 aromatic carbocycles. The van der Waals surface area contributed by atoms with Crippen molar-refractivity contribution in [3.05, 3.63) is 255 Å². The highest BCUT2D eigenvalue weighted by atomic mass is 28.3. The Morgan fingerprint density at radius 2 is 0.738 bits per heavy atom. The van der Waals surface area contributed by atoms with Gasteiger partial charge in [0.15, 0.2) is 8.07 Å². The molecular weight excluding hydrogens is 802 g/mol. The molecule has 0 saturated heterocycles. The van der Waals surface area contributed by atoms with Gasteiger partial charge in [0.05, 0.1) is 16.7 Å². The third kappa shape index (κ3) is 5.56. The summed E-state index contributed by atoms with van der Waals surface area (Å²) in [6, 6.07) is 95.0. The molecule has 0 fully saturated rings. The quantitative estimate of drug-likeness (QED) is 0.117. The molecule has 0 radical (unpaired) electrons. The molecular formula is C60H42BN3Si. The van der Waals surface area contributed by atoms with Crippen molar-refractivity contribution in [2.75, 3.05) is 9.80 Å². The highest BCUT2D eigenvalue weighted by Crippen LogP contribution is 2.46. The predicted molar refractivity (Wildman–Crippen MR) is 278 cm³/mol. The summed E-state index contributed by atoms with van der Waals surface area (Å²) in [7, 11) is -3.01. The van der Waals surface area contributed by atoms with Gasteiger partial charge in [-0.1, -0.05) is 200 Å². The standard InChI is InChI=1S/C60H42BN3Si/c1-6-23-43(24-7-1)62-54-38-20-17-35-51(54)61-52-36-18-21-39-55(52)63(44-25-8-2-9-26-44)57-42-45(41-56(62)59(57)61)64-53-37-19-16-33-49(53)50-34-22-40-58(60(50)64)65(46-27-10-3-11-28-46,47-29-12-4-13-30-47)48-31-14-5-15-32-48/h1-42H. The summed E-state index contributed by atoms with van der Waals surface area (Å²) in [5.41, 5.74) is 14.5. The van der Waals surface area contributed by atoms with E-state index in [9.17, 15) is 0 Å². The Morgan fingerprint density at radius 3 is 1.25 bits per heavy atom. The lowest BCUT2D eigenvalue weighted by atomic mass is 9.33. The van der Waals surface area contributed by atoms with E-state index in [1.165, 1.54) is 81.7 Å². The van der Waals surface area contributed by atoms with Crippen molar-refractivity contribution in [2.45, 2.75) is 0 Å². The van der Waals surface area contributed by atoms with Crippen LogP contribution < -0.4 is 46.9 Å². The highest BCUT2D eigenvalue weighted by molar-refractivity contribution is 7.20. The van der Waals surface area contributed by atoms with Gasteiger partial charge >= 0.3 is 0 Å². The van der Waals surface area contributed by atoms with Crippen molar-refractivity contribution < 1.29 is 0 Å². The van der Waals surface area contributed by atoms with Crippen LogP contribution in [0.25, 0.3) is 27.5 Å². The fourth-order valence-corrected chi connectivity index (χ4v) is 16.3. The summed E-state index contributed by atoms with van der Waals surface area (Å²) < 4.78 is 2.61. The molecule has 0 aliphatic carbocycles. The summed E-state index contributed by atoms with van der Waals surface area (Å²) in [6.45, 7) is 0.0318. The number of anilines is 6. The lowest BCUT2D eigenvalue weighted by Crippen LogP contribution is -2.75. The van der Waals surface area contributed by atoms with Crippen LogP contribution in [0.15, 0.2) is 255 Å². The fourth-order valence-electron chi connectivity index (χ4n) is 11.3. The van der Waals surface area contributed by atoms with Crippen molar-refractivity contribution in [3.63, 3.8) is 0 Å². The summed E-state index contributed by atoms with van der Waals surface area (Å²) >= 11 is 0. The number of fused-ring (bicyclic) bond motifs is 7. The molecule has 0 atom stereocenters. The molecule has 3 heterocycles. The molecule has 2 aliphatic heterocycles. The number of hydrogen-bond donors (Lipinski definition) is 0. The van der Waals surface area contributed by atoms with E-state index in [4.69, 9.17) is 0 Å². The second-order valence-electron chi connectivity index (χ2n) is 17.2. The summed E-state index contributed by atoms with van der Waals surface area (Å²) in [5, 5.41) is 7.89. The van der Waals surface area contributed by atoms with Crippen molar-refractivity contribution >= 4 is 108 Å². The maximum absolute atomic E-state index is 3.01. The molecule has 0 spiro atoms. The van der Waals surface area contributed by atoms with E-state index in [0.717, 1.165) is 17.1 Å². The normalized spacial score (nSPS) is 12.8. The van der Waals surface area contributed by atoms with Crippen LogP contribution in [-0.4, -0.2) is 19.4 Å². The molecule has 13 rings (SSSR count). The number of rotatable bonds is 7. The van der Waals surface area contributed by atoms with E-state index in [1.54, 1.807) is 0 Å². The van der Waals surface area contributed by atoms with Gasteiger partial charge < -0.3 is 14.4 Å². The maximum Gasteiger partial charge on any atom is 0.252 e. The lowest BCUT2D eigenvalue weighted by Gasteiger charge is -2.44. The predicted octanol–water partition coefficient (Wildman–Crippen LogP) is 10.2. The van der Waals surface area contributed by atoms with Gasteiger partial charge in [0, 0.05) is 44.9 Å². The van der Waals surface area contributed by atoms with Crippen LogP contribution >= 0.6 is 0 Å². The average molecular weight is 844 g/mol. The number of para-hydroxylation sites is 6. The molecule has 5 heteroatoms. The van der Waals surface area contributed by atoms with Gasteiger partial charge in [-0.15, -0.1) is 0 Å². The van der Waals surface area contributed by atoms with Gasteiger partial charge in [0.2, 0.25) is 0 Å². The van der Waals surface area contributed by atoms with Crippen molar-refractivity contribution in [1.29, 1.82) is 0 Å². The lowest BCUT2D eigenvalue weighted by molar-refractivity contribution is 1.16. The third-order valence-corrected chi connectivity index (χ3v) is 18.7. The number of aromatic nitrogens is 1. The number of hydrogen-bond acceptors (Lipinski definition) is 2. The van der Waals surface area contributed by atoms with Gasteiger partial charge in [0.25, 0.3) is 6.71 Å². The molecule has 304 valence electrons. The molecule has 11 aromatic rings. The number of nitrogens with zero attached hydrogens (tertiary/aromatic N) is 3. The van der Waals surface area contributed by atoms with Crippen LogP contribution in [0.2, 0.25) is 0 Å². The van der Waals surface area contributed by atoms with E-state index in [2.05, 4.69) is 269 Å². The highest BCUT2D eigenvalue weighted by Gasteiger charge is 2.45. The Bertz CT molecular complexity index is 3350. The molecule has 0 amide bonds. The first-order valence-corrected chi connectivity index (χ1v) is 24.6. The average Bonchev–Trinajstić information content (AvgIpc) is 3.73. The summed E-state index contributed by atoms with van der Waals surface area (Å²) in [5.74, 6) is 0. The van der Waals surface area contributed by atoms with E-state index in [0.29, 0.717) is 0 Å². The second kappa shape index (κ2) is 15.0. The van der Waals surface area contributed by atoms with Crippen molar-refractivity contribution in [2.24, 2.45) is 0 Å². The largest absolute Gasteiger partial charge is 0.311 e. The monoisotopic (exact) mass is 843 g/mol. The topological polar surface area (TPSA) is 11.4 Å². The minimum absolute atomic E-state index is 0.0318. The Labute approximate surface area is 380 Å². The van der Waals surface area contributed by atoms with E-state index in [-0.39, 0.29) is 6.71 Å². The smallest absolute Gasteiger partial charge is 0.252 e. The Kier molecular flexibility index (Phi) is 8.65. The van der Waals surface area contributed by atoms with E-state index >= 15 is 0 Å². The Hall–Kier alpha value is -8.12. The zero-order chi connectivity index (χ0) is 42.9. The molecule has 65 heavy (non-hydrogen) atoms. The molecule has 1 aromatic heterocycles. The van der Waals surface area contributed by atoms with Gasteiger partial charge in [-0.3, -0.25) is 0 Å². The molecule has 3 nitrogen and oxygen atoms in total. The Morgan fingerprint density at radius 1 is 0.323 bits per heavy atom. The van der Waals surface area contributed by atoms with Crippen LogP contribution in [0.1, 0.15) is 0 Å². The van der Waals surface area contributed by atoms with Crippen LogP contribution in [0.3, 0.4) is 0 Å². The van der Waals surface area contributed by atoms with Crippen LogP contribution in [0.5, 0.6) is 0 Å². The fraction of sp³-hybridized carbons (Fsp3) is 0. The first-order valence-electron chi connectivity index (χ1n) is 22.6. The number of benzene rings is 10. The minimum atomic E-state index is -3.01. The zero-order valence-electron chi connectivity index (χ0n) is 35.7. The van der Waals surface area contributed by atoms with Gasteiger partial charge in [-0.05, 0) is 91.7 Å². The zero-order valence-corrected chi connectivity index (χ0v) is 36.7. The summed E-state index contributed by atoms with van der Waals surface area (Å²) in [6.07, 6.45) is 0. The third-order valence-electron chi connectivity index (χ3n) is 13.9. The van der Waals surface area contributed by atoms with Crippen LogP contribution in [-0.2, 0) is 0 Å². The summed E-state index contributed by atoms with van der Waals surface area (Å²) in [4.78, 5) is 5.02. The van der Waals surface area contributed by atoms with Gasteiger partial charge in [-0.25, -0.2) is 0 Å². The molecule has 0 unspecified atom stereocenters. The molecule has 2 aliphatic rings. The molecule has 0 N–H and O–H groups in total. The van der Waals surface area contributed by atoms with Crippen molar-refractivity contribution in [1.82, 2.24) is 4.57 Å². The Balaban J connectivity index is 1.21. The molecule has 0 saturated carbocycles. The first-order chi connectivity index (χ1) is 32.3.